The molecule has 0 bridgehead atoms. The van der Waals surface area contributed by atoms with Crippen LogP contribution in [0.15, 0.2) is 6.07 Å². The number of rotatable bonds is 4. The molecule has 3 heteroatoms. The molecule has 0 radical (unpaired) electrons. The first-order valence-corrected chi connectivity index (χ1v) is 5.35. The normalized spacial score (nSPS) is 11.2. The quantitative estimate of drug-likeness (QED) is 0.808. The molecular formula is C10H17NOS. The SMILES string of the molecule is Cc1sc(CN)cc1COC(C)C. The van der Waals surface area contributed by atoms with Crippen molar-refractivity contribution in [3.05, 3.63) is 21.4 Å². The molecule has 0 aliphatic heterocycles. The van der Waals surface area contributed by atoms with Gasteiger partial charge in [-0.2, -0.15) is 0 Å². The molecule has 0 unspecified atom stereocenters. The summed E-state index contributed by atoms with van der Waals surface area (Å²) >= 11 is 1.76. The summed E-state index contributed by atoms with van der Waals surface area (Å²) in [4.78, 5) is 2.56. The highest BCUT2D eigenvalue weighted by Crippen LogP contribution is 2.22. The molecule has 0 saturated heterocycles. The van der Waals surface area contributed by atoms with Gasteiger partial charge in [-0.1, -0.05) is 0 Å². The van der Waals surface area contributed by atoms with E-state index in [4.69, 9.17) is 10.5 Å². The van der Waals surface area contributed by atoms with E-state index in [1.54, 1.807) is 11.3 Å². The van der Waals surface area contributed by atoms with Crippen LogP contribution in [0.2, 0.25) is 0 Å². The highest BCUT2D eigenvalue weighted by Gasteiger charge is 2.04. The number of thiophene rings is 1. The second-order valence-electron chi connectivity index (χ2n) is 3.36. The first-order valence-electron chi connectivity index (χ1n) is 4.53. The van der Waals surface area contributed by atoms with Gasteiger partial charge in [0.15, 0.2) is 0 Å². The van der Waals surface area contributed by atoms with Crippen LogP contribution in [0, 0.1) is 6.92 Å². The minimum atomic E-state index is 0.292. The molecule has 0 atom stereocenters. The van der Waals surface area contributed by atoms with Crippen LogP contribution in [-0.2, 0) is 17.9 Å². The number of nitrogens with two attached hydrogens (primary N) is 1. The van der Waals surface area contributed by atoms with Crippen molar-refractivity contribution in [2.75, 3.05) is 0 Å². The summed E-state index contributed by atoms with van der Waals surface area (Å²) in [6, 6.07) is 2.14. The van der Waals surface area contributed by atoms with Gasteiger partial charge in [-0.15, -0.1) is 11.3 Å². The Labute approximate surface area is 83.7 Å². The van der Waals surface area contributed by atoms with Crippen LogP contribution in [0.5, 0.6) is 0 Å². The fourth-order valence-electron chi connectivity index (χ4n) is 1.09. The van der Waals surface area contributed by atoms with Gasteiger partial charge in [0.2, 0.25) is 0 Å². The van der Waals surface area contributed by atoms with Gasteiger partial charge in [0.25, 0.3) is 0 Å². The van der Waals surface area contributed by atoms with Crippen LogP contribution in [0.25, 0.3) is 0 Å². The summed E-state index contributed by atoms with van der Waals surface area (Å²) in [6.07, 6.45) is 0.292. The summed E-state index contributed by atoms with van der Waals surface area (Å²) in [5.41, 5.74) is 6.83. The molecule has 1 aromatic rings. The second-order valence-corrected chi connectivity index (χ2v) is 4.70. The summed E-state index contributed by atoms with van der Waals surface area (Å²) in [5, 5.41) is 0. The Morgan fingerprint density at radius 1 is 1.54 bits per heavy atom. The van der Waals surface area contributed by atoms with Crippen molar-refractivity contribution >= 4 is 11.3 Å². The van der Waals surface area contributed by atoms with Gasteiger partial charge in [-0.25, -0.2) is 0 Å². The smallest absolute Gasteiger partial charge is 0.0731 e. The van der Waals surface area contributed by atoms with Gasteiger partial charge in [-0.05, 0) is 32.4 Å². The minimum absolute atomic E-state index is 0.292. The summed E-state index contributed by atoms with van der Waals surface area (Å²) < 4.78 is 5.53. The standard InChI is InChI=1S/C10H17NOS/c1-7(2)12-6-9-4-10(5-11)13-8(9)3/h4,7H,5-6,11H2,1-3H3. The molecule has 0 amide bonds. The van der Waals surface area contributed by atoms with Gasteiger partial charge >= 0.3 is 0 Å². The van der Waals surface area contributed by atoms with Crippen molar-refractivity contribution < 1.29 is 4.74 Å². The Balaban J connectivity index is 2.60. The van der Waals surface area contributed by atoms with Crippen LogP contribution in [0.1, 0.15) is 29.2 Å². The van der Waals surface area contributed by atoms with Crippen LogP contribution < -0.4 is 5.73 Å². The maximum absolute atomic E-state index is 5.56. The van der Waals surface area contributed by atoms with Crippen molar-refractivity contribution in [1.29, 1.82) is 0 Å². The van der Waals surface area contributed by atoms with Crippen molar-refractivity contribution in [2.45, 2.75) is 40.0 Å². The van der Waals surface area contributed by atoms with Crippen LogP contribution >= 0.6 is 11.3 Å². The van der Waals surface area contributed by atoms with Gasteiger partial charge in [-0.3, -0.25) is 0 Å². The summed E-state index contributed by atoms with van der Waals surface area (Å²) in [5.74, 6) is 0. The van der Waals surface area contributed by atoms with E-state index in [0.717, 1.165) is 0 Å². The lowest BCUT2D eigenvalue weighted by Gasteiger charge is -2.06. The van der Waals surface area contributed by atoms with Crippen molar-refractivity contribution in [1.82, 2.24) is 0 Å². The largest absolute Gasteiger partial charge is 0.374 e. The third kappa shape index (κ3) is 3.10. The highest BCUT2D eigenvalue weighted by atomic mass is 32.1. The predicted molar refractivity (Wildman–Crippen MR) is 56.9 cm³/mol. The number of hydrogen-bond donors (Lipinski definition) is 1. The van der Waals surface area contributed by atoms with Crippen LogP contribution in [-0.4, -0.2) is 6.10 Å². The fraction of sp³-hybridized carbons (Fsp3) is 0.600. The third-order valence-corrected chi connectivity index (χ3v) is 2.96. The average molecular weight is 199 g/mol. The zero-order valence-corrected chi connectivity index (χ0v) is 9.28. The average Bonchev–Trinajstić information content (AvgIpc) is 2.43. The van der Waals surface area contributed by atoms with E-state index in [9.17, 15) is 0 Å². The summed E-state index contributed by atoms with van der Waals surface area (Å²) in [7, 11) is 0. The summed E-state index contributed by atoms with van der Waals surface area (Å²) in [6.45, 7) is 7.55. The Morgan fingerprint density at radius 3 is 2.69 bits per heavy atom. The molecule has 74 valence electrons. The van der Waals surface area contributed by atoms with E-state index in [2.05, 4.69) is 13.0 Å². The maximum Gasteiger partial charge on any atom is 0.0731 e. The molecule has 1 rings (SSSR count). The zero-order chi connectivity index (χ0) is 9.84. The van der Waals surface area contributed by atoms with Crippen LogP contribution in [0.3, 0.4) is 0 Å². The predicted octanol–water partition coefficient (Wildman–Crippen LogP) is 2.44. The van der Waals surface area contributed by atoms with Crippen molar-refractivity contribution in [3.63, 3.8) is 0 Å². The van der Waals surface area contributed by atoms with Crippen molar-refractivity contribution in [2.24, 2.45) is 5.73 Å². The Morgan fingerprint density at radius 2 is 2.23 bits per heavy atom. The lowest BCUT2D eigenvalue weighted by molar-refractivity contribution is 0.0656. The Bertz CT molecular complexity index is 268. The molecular weight excluding hydrogens is 182 g/mol. The lowest BCUT2D eigenvalue weighted by atomic mass is 10.2. The maximum atomic E-state index is 5.56. The molecule has 0 spiro atoms. The molecule has 13 heavy (non-hydrogen) atoms. The van der Waals surface area contributed by atoms with E-state index in [0.29, 0.717) is 19.3 Å². The molecule has 0 aliphatic carbocycles. The van der Waals surface area contributed by atoms with E-state index in [-0.39, 0.29) is 0 Å². The molecule has 0 saturated carbocycles. The Kier molecular flexibility index (Phi) is 3.90. The monoisotopic (exact) mass is 199 g/mol. The van der Waals surface area contributed by atoms with E-state index in [1.807, 2.05) is 13.8 Å². The first kappa shape index (κ1) is 10.7. The second kappa shape index (κ2) is 4.74. The van der Waals surface area contributed by atoms with Gasteiger partial charge in [0.1, 0.15) is 0 Å². The van der Waals surface area contributed by atoms with Gasteiger partial charge < -0.3 is 10.5 Å². The molecule has 0 aromatic carbocycles. The molecule has 1 heterocycles. The first-order chi connectivity index (χ1) is 6.13. The Hall–Kier alpha value is -0.380. The van der Waals surface area contributed by atoms with E-state index >= 15 is 0 Å². The lowest BCUT2D eigenvalue weighted by Crippen LogP contribution is -2.02. The number of aryl methyl sites for hydroxylation is 1. The van der Waals surface area contributed by atoms with E-state index < -0.39 is 0 Å². The number of hydrogen-bond acceptors (Lipinski definition) is 3. The molecule has 1 aromatic heterocycles. The van der Waals surface area contributed by atoms with Gasteiger partial charge in [0, 0.05) is 16.3 Å². The topological polar surface area (TPSA) is 35.2 Å². The van der Waals surface area contributed by atoms with Crippen molar-refractivity contribution in [3.8, 4) is 0 Å². The number of ether oxygens (including phenoxy) is 1. The third-order valence-electron chi connectivity index (χ3n) is 1.84. The van der Waals surface area contributed by atoms with E-state index in [1.165, 1.54) is 15.3 Å². The van der Waals surface area contributed by atoms with Crippen LogP contribution in [0.4, 0.5) is 0 Å². The minimum Gasteiger partial charge on any atom is -0.374 e. The fourth-order valence-corrected chi connectivity index (χ4v) is 2.01. The zero-order valence-electron chi connectivity index (χ0n) is 8.46. The van der Waals surface area contributed by atoms with Gasteiger partial charge in [0.05, 0.1) is 12.7 Å². The molecule has 0 aliphatic rings. The molecule has 2 nitrogen and oxygen atoms in total. The molecule has 2 N–H and O–H groups in total. The highest BCUT2D eigenvalue weighted by molar-refractivity contribution is 7.12. The molecule has 0 fully saturated rings.